The predicted octanol–water partition coefficient (Wildman–Crippen LogP) is 14.5. The van der Waals surface area contributed by atoms with E-state index >= 15 is 0 Å². The fourth-order valence-electron chi connectivity index (χ4n) is 8.48. The van der Waals surface area contributed by atoms with Crippen molar-refractivity contribution in [2.45, 2.75) is 12.8 Å². The molecule has 8 aromatic carbocycles. The first-order valence-electron chi connectivity index (χ1n) is 17.5. The van der Waals surface area contributed by atoms with Gasteiger partial charge in [0, 0.05) is 41.7 Å². The lowest BCUT2D eigenvalue weighted by atomic mass is 9.85. The Balaban J connectivity index is 1.08. The maximum Gasteiger partial charge on any atom is 0.143 e. The van der Waals surface area contributed by atoms with Crippen molar-refractivity contribution in [2.24, 2.45) is 0 Å². The first kappa shape index (κ1) is 28.7. The van der Waals surface area contributed by atoms with E-state index in [1.165, 1.54) is 74.7 Å². The van der Waals surface area contributed by atoms with Gasteiger partial charge in [-0.3, -0.25) is 0 Å². The summed E-state index contributed by atoms with van der Waals surface area (Å²) in [5.74, 6) is 0. The summed E-state index contributed by atoms with van der Waals surface area (Å²) in [6.07, 6.45) is 3.61. The summed E-state index contributed by atoms with van der Waals surface area (Å²) in [6, 6.07) is 50.3. The summed E-state index contributed by atoms with van der Waals surface area (Å²) in [7, 11) is 0. The number of hydrogen-bond donors (Lipinski definition) is 0. The average Bonchev–Trinajstić information content (AvgIpc) is 3.89. The number of rotatable bonds is 5. The van der Waals surface area contributed by atoms with Crippen molar-refractivity contribution in [3.63, 3.8) is 0 Å². The van der Waals surface area contributed by atoms with Gasteiger partial charge in [-0.15, -0.1) is 11.3 Å². The molecule has 0 saturated carbocycles. The van der Waals surface area contributed by atoms with Gasteiger partial charge in [-0.05, 0) is 110 Å². The highest BCUT2D eigenvalue weighted by atomic mass is 32.1. The molecule has 11 rings (SSSR count). The van der Waals surface area contributed by atoms with Crippen LogP contribution in [-0.2, 0) is 6.42 Å². The molecule has 3 aromatic heterocycles. The molecule has 3 heterocycles. The van der Waals surface area contributed by atoms with E-state index in [2.05, 4.69) is 134 Å². The van der Waals surface area contributed by atoms with Crippen LogP contribution in [0.1, 0.15) is 17.5 Å². The van der Waals surface area contributed by atoms with Gasteiger partial charge in [-0.1, -0.05) is 104 Å². The summed E-state index contributed by atoms with van der Waals surface area (Å²) >= 11 is 1.85. The van der Waals surface area contributed by atoms with Crippen LogP contribution in [0, 0.1) is 0 Å². The van der Waals surface area contributed by atoms with Crippen molar-refractivity contribution < 1.29 is 8.83 Å². The van der Waals surface area contributed by atoms with Crippen LogP contribution in [0.3, 0.4) is 0 Å². The topological polar surface area (TPSA) is 26.3 Å². The first-order chi connectivity index (χ1) is 25.2. The molecule has 0 aliphatic rings. The Labute approximate surface area is 297 Å². The number of para-hydroxylation sites is 1. The van der Waals surface area contributed by atoms with Crippen LogP contribution in [-0.4, -0.2) is 0 Å². The minimum atomic E-state index is 0.839. The van der Waals surface area contributed by atoms with Crippen LogP contribution in [0.4, 0.5) is 0 Å². The highest BCUT2D eigenvalue weighted by Crippen LogP contribution is 2.46. The molecule has 240 valence electrons. The fraction of sp³-hybridized carbons (Fsp3) is 0.0417. The number of thiophene rings is 1. The highest BCUT2D eigenvalue weighted by Gasteiger charge is 2.20. The van der Waals surface area contributed by atoms with E-state index < -0.39 is 0 Å². The quantitative estimate of drug-likeness (QED) is 0.170. The molecule has 11 aromatic rings. The minimum absolute atomic E-state index is 0.839. The van der Waals surface area contributed by atoms with Gasteiger partial charge in [0.05, 0.1) is 6.26 Å². The summed E-state index contributed by atoms with van der Waals surface area (Å²) in [5, 5.41) is 13.4. The van der Waals surface area contributed by atoms with Gasteiger partial charge < -0.3 is 8.83 Å². The van der Waals surface area contributed by atoms with E-state index in [0.29, 0.717) is 0 Å². The average molecular weight is 671 g/mol. The molecule has 0 N–H and O–H groups in total. The molecule has 0 spiro atoms. The van der Waals surface area contributed by atoms with Crippen molar-refractivity contribution in [3.05, 3.63) is 163 Å². The van der Waals surface area contributed by atoms with Gasteiger partial charge in [0.2, 0.25) is 0 Å². The van der Waals surface area contributed by atoms with Crippen molar-refractivity contribution in [2.75, 3.05) is 0 Å². The van der Waals surface area contributed by atoms with E-state index in [0.717, 1.165) is 51.3 Å². The van der Waals surface area contributed by atoms with Crippen LogP contribution in [0.5, 0.6) is 0 Å². The molecule has 51 heavy (non-hydrogen) atoms. The minimum Gasteiger partial charge on any atom is -0.464 e. The van der Waals surface area contributed by atoms with Crippen molar-refractivity contribution >= 4 is 102 Å². The lowest BCUT2D eigenvalue weighted by Gasteiger charge is -2.19. The maximum atomic E-state index is 6.69. The summed E-state index contributed by atoms with van der Waals surface area (Å²) in [5.41, 5.74) is 8.79. The molecule has 0 aliphatic heterocycles. The normalized spacial score (nSPS) is 12.2. The number of fused-ring (bicyclic) bond motifs is 12. The van der Waals surface area contributed by atoms with Crippen LogP contribution in [0.15, 0.2) is 161 Å². The molecule has 0 bridgehead atoms. The zero-order valence-corrected chi connectivity index (χ0v) is 28.5. The first-order valence-corrected chi connectivity index (χ1v) is 18.3. The van der Waals surface area contributed by atoms with Crippen LogP contribution >= 0.6 is 11.3 Å². The molecular weight excluding hydrogens is 641 g/mol. The Bertz CT molecular complexity index is 3170. The van der Waals surface area contributed by atoms with Crippen LogP contribution in [0.2, 0.25) is 0 Å². The van der Waals surface area contributed by atoms with Crippen molar-refractivity contribution in [1.82, 2.24) is 0 Å². The summed E-state index contributed by atoms with van der Waals surface area (Å²) < 4.78 is 15.2. The van der Waals surface area contributed by atoms with E-state index in [4.69, 9.17) is 8.83 Å². The zero-order valence-electron chi connectivity index (χ0n) is 27.7. The third-order valence-electron chi connectivity index (χ3n) is 10.8. The third-order valence-corrected chi connectivity index (χ3v) is 11.9. The fourth-order valence-corrected chi connectivity index (χ4v) is 9.60. The predicted molar refractivity (Wildman–Crippen MR) is 218 cm³/mol. The second-order valence-corrected chi connectivity index (χ2v) is 14.7. The van der Waals surface area contributed by atoms with Crippen LogP contribution in [0.25, 0.3) is 102 Å². The van der Waals surface area contributed by atoms with Crippen LogP contribution < -0.4 is 0 Å². The van der Waals surface area contributed by atoms with Gasteiger partial charge in [-0.2, -0.15) is 0 Å². The van der Waals surface area contributed by atoms with Crippen molar-refractivity contribution in [1.29, 1.82) is 0 Å². The third kappa shape index (κ3) is 4.22. The molecule has 0 aliphatic carbocycles. The molecule has 3 heteroatoms. The van der Waals surface area contributed by atoms with Gasteiger partial charge >= 0.3 is 0 Å². The van der Waals surface area contributed by atoms with Gasteiger partial charge in [0.1, 0.15) is 16.7 Å². The second kappa shape index (κ2) is 10.9. The monoisotopic (exact) mass is 670 g/mol. The maximum absolute atomic E-state index is 6.69. The van der Waals surface area contributed by atoms with Crippen molar-refractivity contribution in [3.8, 4) is 11.1 Å². The molecule has 2 nitrogen and oxygen atoms in total. The van der Waals surface area contributed by atoms with E-state index in [9.17, 15) is 0 Å². The highest BCUT2D eigenvalue weighted by molar-refractivity contribution is 7.26. The van der Waals surface area contributed by atoms with Gasteiger partial charge in [0.25, 0.3) is 0 Å². The standard InChI is InChI=1S/C48H30O2S/c1-28(18-19-30-27-49-41-16-8-6-10-31(30)41)45-32-11-2-4-13-34(32)46(35-14-5-3-12-33(35)45)29-20-24-42-40(26-29)38-22-21-36-37(48(38)50-42)23-25-44-47(36)39-15-7-9-17-43(39)51-44/h2-17,20-27H,1,18-19H2. The number of allylic oxidation sites excluding steroid dienone is 1. The lowest BCUT2D eigenvalue weighted by Crippen LogP contribution is -1.95. The molecule has 0 amide bonds. The second-order valence-electron chi connectivity index (χ2n) is 13.6. The molecular formula is C48H30O2S. The summed E-state index contributed by atoms with van der Waals surface area (Å²) in [4.78, 5) is 0. The van der Waals surface area contributed by atoms with E-state index in [1.54, 1.807) is 0 Å². The SMILES string of the molecule is C=C(CCc1coc2ccccc12)c1c2ccccc2c(-c2ccc3oc4c(ccc5c4ccc4sc6ccccc6c45)c3c2)c2ccccc12. The molecule has 0 fully saturated rings. The molecule has 0 radical (unpaired) electrons. The smallest absolute Gasteiger partial charge is 0.143 e. The Morgan fingerprint density at radius 3 is 1.98 bits per heavy atom. The molecule has 0 unspecified atom stereocenters. The van der Waals surface area contributed by atoms with E-state index in [1.807, 2.05) is 29.7 Å². The number of furan rings is 2. The Morgan fingerprint density at radius 2 is 1.18 bits per heavy atom. The Morgan fingerprint density at radius 1 is 0.529 bits per heavy atom. The summed E-state index contributed by atoms with van der Waals surface area (Å²) in [6.45, 7) is 4.69. The lowest BCUT2D eigenvalue weighted by molar-refractivity contribution is 0.610. The molecule has 0 atom stereocenters. The molecule has 0 saturated heterocycles. The Kier molecular flexibility index (Phi) is 6.14. The zero-order chi connectivity index (χ0) is 33.6. The van der Waals surface area contributed by atoms with Gasteiger partial charge in [-0.25, -0.2) is 0 Å². The number of hydrogen-bond acceptors (Lipinski definition) is 3. The van der Waals surface area contributed by atoms with E-state index in [-0.39, 0.29) is 0 Å². The number of aryl methyl sites for hydroxylation is 1. The van der Waals surface area contributed by atoms with Gasteiger partial charge in [0.15, 0.2) is 0 Å². The largest absolute Gasteiger partial charge is 0.464 e. The Hall–Kier alpha value is -6.16. The number of benzene rings is 8.